The maximum Gasteiger partial charge on any atom is 0.227 e. The van der Waals surface area contributed by atoms with E-state index in [1.54, 1.807) is 13.3 Å². The van der Waals surface area contributed by atoms with Crippen molar-refractivity contribution < 1.29 is 18.3 Å². The van der Waals surface area contributed by atoms with Gasteiger partial charge in [-0.25, -0.2) is 13.4 Å². The van der Waals surface area contributed by atoms with Gasteiger partial charge >= 0.3 is 0 Å². The number of piperidine rings is 1. The minimum Gasteiger partial charge on any atom is -0.396 e. The number of ether oxygens (including phenoxy) is 1. The molecular weight excluding hydrogens is 378 g/mol. The van der Waals surface area contributed by atoms with Crippen molar-refractivity contribution in [1.29, 1.82) is 0 Å². The number of likely N-dealkylation sites (tertiary alicyclic amines) is 1. The lowest BCUT2D eigenvalue weighted by Gasteiger charge is -2.31. The molecule has 160 valence electrons. The Morgan fingerprint density at radius 3 is 2.64 bits per heavy atom. The monoisotopic (exact) mass is 413 g/mol. The third-order valence-electron chi connectivity index (χ3n) is 6.13. The smallest absolute Gasteiger partial charge is 0.227 e. The number of methoxy groups -OCH3 is 1. The van der Waals surface area contributed by atoms with E-state index in [1.807, 2.05) is 4.57 Å². The maximum absolute atomic E-state index is 13.1. The highest BCUT2D eigenvalue weighted by Gasteiger charge is 2.29. The molecule has 0 amide bonds. The Balaban J connectivity index is 1.77. The summed E-state index contributed by atoms with van der Waals surface area (Å²) in [5.74, 6) is 0.757. The summed E-state index contributed by atoms with van der Waals surface area (Å²) in [4.78, 5) is 6.65. The van der Waals surface area contributed by atoms with Gasteiger partial charge in [-0.1, -0.05) is 19.3 Å². The minimum atomic E-state index is -3.42. The van der Waals surface area contributed by atoms with E-state index in [0.717, 1.165) is 57.3 Å². The molecule has 3 rings (SSSR count). The van der Waals surface area contributed by atoms with Crippen LogP contribution in [-0.4, -0.2) is 67.1 Å². The Morgan fingerprint density at radius 1 is 1.18 bits per heavy atom. The highest BCUT2D eigenvalue weighted by molar-refractivity contribution is 7.91. The number of imidazole rings is 1. The largest absolute Gasteiger partial charge is 0.396 e. The summed E-state index contributed by atoms with van der Waals surface area (Å²) in [5, 5.41) is 9.67. The quantitative estimate of drug-likeness (QED) is 0.667. The summed E-state index contributed by atoms with van der Waals surface area (Å²) in [7, 11) is -1.79. The van der Waals surface area contributed by atoms with Gasteiger partial charge in [-0.05, 0) is 44.1 Å². The predicted octanol–water partition coefficient (Wildman–Crippen LogP) is 2.09. The molecule has 1 saturated heterocycles. The van der Waals surface area contributed by atoms with Crippen LogP contribution in [0, 0.1) is 11.8 Å². The minimum absolute atomic E-state index is 0.195. The zero-order valence-electron chi connectivity index (χ0n) is 17.1. The van der Waals surface area contributed by atoms with E-state index in [4.69, 9.17) is 4.74 Å². The highest BCUT2D eigenvalue weighted by Crippen LogP contribution is 2.27. The number of hydrogen-bond donors (Lipinski definition) is 1. The molecule has 2 aliphatic rings. The van der Waals surface area contributed by atoms with Crippen LogP contribution in [0.5, 0.6) is 0 Å². The molecule has 2 heterocycles. The van der Waals surface area contributed by atoms with Gasteiger partial charge in [-0.2, -0.15) is 0 Å². The van der Waals surface area contributed by atoms with Crippen LogP contribution < -0.4 is 0 Å². The lowest BCUT2D eigenvalue weighted by Crippen LogP contribution is -2.37. The SMILES string of the molecule is COCCn1c(CN2CCCC(CO)C2)cnc1S(=O)(=O)CC1CCCCC1. The molecule has 0 aromatic carbocycles. The normalized spacial score (nSPS) is 22.6. The first-order valence-corrected chi connectivity index (χ1v) is 12.3. The third kappa shape index (κ3) is 5.55. The molecule has 1 aliphatic heterocycles. The number of hydrogen-bond acceptors (Lipinski definition) is 6. The van der Waals surface area contributed by atoms with Gasteiger partial charge in [-0.15, -0.1) is 0 Å². The molecule has 1 atom stereocenters. The van der Waals surface area contributed by atoms with E-state index in [9.17, 15) is 13.5 Å². The fraction of sp³-hybridized carbons (Fsp3) is 0.850. The van der Waals surface area contributed by atoms with E-state index in [0.29, 0.717) is 25.6 Å². The van der Waals surface area contributed by atoms with Crippen molar-refractivity contribution in [2.45, 2.75) is 63.2 Å². The van der Waals surface area contributed by atoms with Gasteiger partial charge in [0.15, 0.2) is 0 Å². The molecule has 1 aromatic heterocycles. The summed E-state index contributed by atoms with van der Waals surface area (Å²) in [6.07, 6.45) is 9.30. The Kier molecular flexibility index (Phi) is 7.91. The number of rotatable bonds is 9. The number of aliphatic hydroxyl groups excluding tert-OH is 1. The molecular formula is C20H35N3O4S. The number of aliphatic hydroxyl groups is 1. The average molecular weight is 414 g/mol. The molecule has 0 bridgehead atoms. The summed E-state index contributed by atoms with van der Waals surface area (Å²) < 4.78 is 33.3. The van der Waals surface area contributed by atoms with Crippen LogP contribution in [0.2, 0.25) is 0 Å². The molecule has 0 radical (unpaired) electrons. The molecule has 1 aromatic rings. The average Bonchev–Trinajstić information content (AvgIpc) is 3.10. The second kappa shape index (κ2) is 10.2. The van der Waals surface area contributed by atoms with Crippen molar-refractivity contribution >= 4 is 9.84 Å². The van der Waals surface area contributed by atoms with Crippen molar-refractivity contribution in [3.8, 4) is 0 Å². The van der Waals surface area contributed by atoms with Gasteiger partial charge in [0.1, 0.15) is 0 Å². The molecule has 0 spiro atoms. The van der Waals surface area contributed by atoms with Crippen LogP contribution in [0.4, 0.5) is 0 Å². The maximum atomic E-state index is 13.1. The van der Waals surface area contributed by atoms with Gasteiger partial charge in [0.25, 0.3) is 0 Å². The van der Waals surface area contributed by atoms with E-state index in [2.05, 4.69) is 9.88 Å². The fourth-order valence-corrected chi connectivity index (χ4v) is 6.46. The zero-order valence-corrected chi connectivity index (χ0v) is 17.9. The lowest BCUT2D eigenvalue weighted by molar-refractivity contribution is 0.113. The van der Waals surface area contributed by atoms with E-state index in [1.165, 1.54) is 6.42 Å². The first-order valence-electron chi connectivity index (χ1n) is 10.6. The fourth-order valence-electron chi connectivity index (χ4n) is 4.60. The number of nitrogens with zero attached hydrogens (tertiary/aromatic N) is 3. The number of aromatic nitrogens is 2. The Labute approximate surface area is 169 Å². The first-order chi connectivity index (χ1) is 13.5. The van der Waals surface area contributed by atoms with Crippen molar-refractivity contribution in [2.24, 2.45) is 11.8 Å². The van der Waals surface area contributed by atoms with Crippen molar-refractivity contribution in [3.63, 3.8) is 0 Å². The Morgan fingerprint density at radius 2 is 1.93 bits per heavy atom. The Hall–Kier alpha value is -0.960. The summed E-state index contributed by atoms with van der Waals surface area (Å²) in [6.45, 7) is 3.62. The van der Waals surface area contributed by atoms with Crippen molar-refractivity contribution in [3.05, 3.63) is 11.9 Å². The van der Waals surface area contributed by atoms with Crippen LogP contribution in [-0.2, 0) is 27.7 Å². The molecule has 8 heteroatoms. The number of sulfone groups is 1. The van der Waals surface area contributed by atoms with Gasteiger partial charge in [0.2, 0.25) is 15.0 Å². The first kappa shape index (κ1) is 21.7. The van der Waals surface area contributed by atoms with Gasteiger partial charge < -0.3 is 14.4 Å². The van der Waals surface area contributed by atoms with Crippen molar-refractivity contribution in [2.75, 3.05) is 39.2 Å². The van der Waals surface area contributed by atoms with Gasteiger partial charge in [0, 0.05) is 33.4 Å². The molecule has 1 saturated carbocycles. The van der Waals surface area contributed by atoms with Crippen LogP contribution in [0.3, 0.4) is 0 Å². The zero-order chi connectivity index (χ0) is 20.0. The van der Waals surface area contributed by atoms with E-state index >= 15 is 0 Å². The third-order valence-corrected chi connectivity index (χ3v) is 7.92. The molecule has 2 fully saturated rings. The Bertz CT molecular complexity index is 713. The van der Waals surface area contributed by atoms with E-state index < -0.39 is 9.84 Å². The topological polar surface area (TPSA) is 84.7 Å². The van der Waals surface area contributed by atoms with Gasteiger partial charge in [-0.3, -0.25) is 4.90 Å². The second-order valence-electron chi connectivity index (χ2n) is 8.39. The predicted molar refractivity (Wildman–Crippen MR) is 108 cm³/mol. The van der Waals surface area contributed by atoms with Crippen LogP contribution in [0.15, 0.2) is 11.4 Å². The lowest BCUT2D eigenvalue weighted by atomic mass is 9.91. The standard InChI is InChI=1S/C20H35N3O4S/c1-27-11-10-23-19(14-22-9-5-8-18(13-22)15-24)12-21-20(23)28(25,26)16-17-6-3-2-4-7-17/h12,17-18,24H,2-11,13-16H2,1H3. The highest BCUT2D eigenvalue weighted by atomic mass is 32.2. The van der Waals surface area contributed by atoms with Crippen LogP contribution in [0.1, 0.15) is 50.6 Å². The van der Waals surface area contributed by atoms with Crippen LogP contribution in [0.25, 0.3) is 0 Å². The van der Waals surface area contributed by atoms with Crippen LogP contribution >= 0.6 is 0 Å². The molecule has 28 heavy (non-hydrogen) atoms. The molecule has 7 nitrogen and oxygen atoms in total. The molecule has 1 N–H and O–H groups in total. The summed E-state index contributed by atoms with van der Waals surface area (Å²) in [6, 6.07) is 0. The van der Waals surface area contributed by atoms with Crippen molar-refractivity contribution in [1.82, 2.24) is 14.5 Å². The van der Waals surface area contributed by atoms with Gasteiger partial charge in [0.05, 0.1) is 24.3 Å². The summed E-state index contributed by atoms with van der Waals surface area (Å²) >= 11 is 0. The molecule has 1 unspecified atom stereocenters. The second-order valence-corrected chi connectivity index (χ2v) is 10.3. The van der Waals surface area contributed by atoms with E-state index in [-0.39, 0.29) is 23.4 Å². The molecule has 1 aliphatic carbocycles. The summed E-state index contributed by atoms with van der Waals surface area (Å²) in [5.41, 5.74) is 0.915.